The van der Waals surface area contributed by atoms with E-state index in [1.54, 1.807) is 0 Å². The largest absolute Gasteiger partial charge is 0.507 e. The molecule has 18 heavy (non-hydrogen) atoms. The number of benzene rings is 1. The lowest BCUT2D eigenvalue weighted by Crippen LogP contribution is -2.40. The second-order valence-corrected chi connectivity index (χ2v) is 4.55. The molecule has 0 atom stereocenters. The molecule has 0 radical (unpaired) electrons. The van der Waals surface area contributed by atoms with Crippen molar-refractivity contribution >= 4 is 5.91 Å². The second-order valence-electron chi connectivity index (χ2n) is 4.55. The molecule has 1 rings (SSSR count). The van der Waals surface area contributed by atoms with Crippen molar-refractivity contribution in [1.82, 2.24) is 5.32 Å². The maximum Gasteiger partial charge on any atom is 0.258 e. The summed E-state index contributed by atoms with van der Waals surface area (Å²) >= 11 is 0. The van der Waals surface area contributed by atoms with Crippen molar-refractivity contribution in [3.05, 3.63) is 23.8 Å². The Kier molecular flexibility index (Phi) is 4.55. The molecular formula is C13H19NO4. The standard InChI is InChI=1S/C13H19NO4/c1-4-18-13(2,3)8-14-12(17)11-9(15)6-5-7-10(11)16/h5-7,15-16H,4,8H2,1-3H3,(H,14,17). The topological polar surface area (TPSA) is 78.8 Å². The van der Waals surface area contributed by atoms with E-state index in [9.17, 15) is 15.0 Å². The molecule has 0 spiro atoms. The Morgan fingerprint density at radius 3 is 2.39 bits per heavy atom. The van der Waals surface area contributed by atoms with E-state index < -0.39 is 11.5 Å². The summed E-state index contributed by atoms with van der Waals surface area (Å²) in [5.41, 5.74) is -0.616. The van der Waals surface area contributed by atoms with Crippen LogP contribution in [-0.2, 0) is 4.74 Å². The van der Waals surface area contributed by atoms with Gasteiger partial charge in [0.25, 0.3) is 5.91 Å². The normalized spacial score (nSPS) is 11.3. The molecule has 0 aliphatic heterocycles. The van der Waals surface area contributed by atoms with Gasteiger partial charge in [0.05, 0.1) is 5.60 Å². The van der Waals surface area contributed by atoms with Gasteiger partial charge in [-0.2, -0.15) is 0 Å². The van der Waals surface area contributed by atoms with Gasteiger partial charge >= 0.3 is 0 Å². The number of phenols is 2. The Morgan fingerprint density at radius 2 is 1.89 bits per heavy atom. The third-order valence-electron chi connectivity index (χ3n) is 2.46. The van der Waals surface area contributed by atoms with Gasteiger partial charge in [0.1, 0.15) is 17.1 Å². The minimum Gasteiger partial charge on any atom is -0.507 e. The summed E-state index contributed by atoms with van der Waals surface area (Å²) in [5, 5.41) is 21.7. The number of rotatable bonds is 5. The molecular weight excluding hydrogens is 234 g/mol. The van der Waals surface area contributed by atoms with E-state index in [2.05, 4.69) is 5.32 Å². The van der Waals surface area contributed by atoms with Crippen molar-refractivity contribution in [3.63, 3.8) is 0 Å². The molecule has 0 aromatic heterocycles. The number of hydrogen-bond acceptors (Lipinski definition) is 4. The molecule has 100 valence electrons. The average Bonchev–Trinajstić information content (AvgIpc) is 2.26. The Hall–Kier alpha value is -1.75. The zero-order valence-corrected chi connectivity index (χ0v) is 10.9. The molecule has 1 amide bonds. The maximum atomic E-state index is 11.9. The molecule has 1 aromatic rings. The monoisotopic (exact) mass is 253 g/mol. The number of amides is 1. The number of carbonyl (C=O) groups is 1. The molecule has 0 aliphatic rings. The van der Waals surface area contributed by atoms with E-state index in [0.29, 0.717) is 6.61 Å². The molecule has 5 heteroatoms. The van der Waals surface area contributed by atoms with E-state index in [0.717, 1.165) is 0 Å². The Balaban J connectivity index is 2.72. The lowest BCUT2D eigenvalue weighted by atomic mass is 10.1. The van der Waals surface area contributed by atoms with Crippen molar-refractivity contribution in [2.75, 3.05) is 13.2 Å². The summed E-state index contributed by atoms with van der Waals surface area (Å²) in [7, 11) is 0. The van der Waals surface area contributed by atoms with Crippen molar-refractivity contribution in [2.24, 2.45) is 0 Å². The van der Waals surface area contributed by atoms with Gasteiger partial charge in [0.2, 0.25) is 0 Å². The first-order valence-corrected chi connectivity index (χ1v) is 5.80. The number of hydrogen-bond donors (Lipinski definition) is 3. The highest BCUT2D eigenvalue weighted by atomic mass is 16.5. The second kappa shape index (κ2) is 5.73. The number of nitrogens with one attached hydrogen (secondary N) is 1. The van der Waals surface area contributed by atoms with E-state index in [1.165, 1.54) is 18.2 Å². The predicted octanol–water partition coefficient (Wildman–Crippen LogP) is 1.64. The molecule has 0 bridgehead atoms. The maximum absolute atomic E-state index is 11.9. The van der Waals surface area contributed by atoms with Crippen LogP contribution in [0, 0.1) is 0 Å². The molecule has 1 aromatic carbocycles. The zero-order valence-electron chi connectivity index (χ0n) is 10.9. The summed E-state index contributed by atoms with van der Waals surface area (Å²) in [6.45, 7) is 6.40. The summed E-state index contributed by atoms with van der Waals surface area (Å²) in [6, 6.07) is 4.16. The van der Waals surface area contributed by atoms with Crippen molar-refractivity contribution in [3.8, 4) is 11.5 Å². The van der Waals surface area contributed by atoms with Crippen LogP contribution in [0.4, 0.5) is 0 Å². The Labute approximate surface area is 106 Å². The molecule has 3 N–H and O–H groups in total. The zero-order chi connectivity index (χ0) is 13.8. The minimum atomic E-state index is -0.529. The van der Waals surface area contributed by atoms with Crippen LogP contribution >= 0.6 is 0 Å². The summed E-state index contributed by atoms with van der Waals surface area (Å²) in [4.78, 5) is 11.9. The number of phenolic OH excluding ortho intramolecular Hbond substituents is 2. The minimum absolute atomic E-state index is 0.121. The van der Waals surface area contributed by atoms with Crippen molar-refractivity contribution in [1.29, 1.82) is 0 Å². The molecule has 5 nitrogen and oxygen atoms in total. The molecule has 0 saturated carbocycles. The summed E-state index contributed by atoms with van der Waals surface area (Å²) in [5.74, 6) is -1.03. The molecule has 0 unspecified atom stereocenters. The van der Waals surface area contributed by atoms with Gasteiger partial charge < -0.3 is 20.3 Å². The number of ether oxygens (including phenoxy) is 1. The van der Waals surface area contributed by atoms with Gasteiger partial charge in [-0.3, -0.25) is 4.79 Å². The fourth-order valence-electron chi connectivity index (χ4n) is 1.58. The first-order valence-electron chi connectivity index (χ1n) is 5.80. The van der Waals surface area contributed by atoms with Gasteiger partial charge in [0, 0.05) is 13.2 Å². The fraction of sp³-hybridized carbons (Fsp3) is 0.462. The van der Waals surface area contributed by atoms with E-state index in [-0.39, 0.29) is 23.6 Å². The van der Waals surface area contributed by atoms with Crippen LogP contribution in [0.25, 0.3) is 0 Å². The highest BCUT2D eigenvalue weighted by Gasteiger charge is 2.21. The van der Waals surface area contributed by atoms with E-state index in [1.807, 2.05) is 20.8 Å². The molecule has 0 heterocycles. The third-order valence-corrected chi connectivity index (χ3v) is 2.46. The lowest BCUT2D eigenvalue weighted by Gasteiger charge is -2.25. The van der Waals surface area contributed by atoms with Crippen LogP contribution in [0.15, 0.2) is 18.2 Å². The van der Waals surface area contributed by atoms with Crippen LogP contribution in [0.3, 0.4) is 0 Å². The van der Waals surface area contributed by atoms with Crippen LogP contribution in [0.5, 0.6) is 11.5 Å². The van der Waals surface area contributed by atoms with Gasteiger partial charge in [-0.15, -0.1) is 0 Å². The molecule has 0 aliphatic carbocycles. The van der Waals surface area contributed by atoms with E-state index in [4.69, 9.17) is 4.74 Å². The van der Waals surface area contributed by atoms with Gasteiger partial charge in [-0.1, -0.05) is 6.07 Å². The van der Waals surface area contributed by atoms with Gasteiger partial charge in [0.15, 0.2) is 0 Å². The van der Waals surface area contributed by atoms with Gasteiger partial charge in [-0.05, 0) is 32.9 Å². The highest BCUT2D eigenvalue weighted by molar-refractivity contribution is 5.99. The molecule has 0 fully saturated rings. The average molecular weight is 253 g/mol. The van der Waals surface area contributed by atoms with Crippen LogP contribution < -0.4 is 5.32 Å². The van der Waals surface area contributed by atoms with Crippen LogP contribution in [0.1, 0.15) is 31.1 Å². The summed E-state index contributed by atoms with van der Waals surface area (Å²) < 4.78 is 5.44. The quantitative estimate of drug-likeness (QED) is 0.745. The van der Waals surface area contributed by atoms with Gasteiger partial charge in [-0.25, -0.2) is 0 Å². The molecule has 0 saturated heterocycles. The van der Waals surface area contributed by atoms with E-state index >= 15 is 0 Å². The first kappa shape index (κ1) is 14.3. The number of carbonyl (C=O) groups excluding carboxylic acids is 1. The van der Waals surface area contributed by atoms with Crippen molar-refractivity contribution in [2.45, 2.75) is 26.4 Å². The predicted molar refractivity (Wildman–Crippen MR) is 67.8 cm³/mol. The SMILES string of the molecule is CCOC(C)(C)CNC(=O)c1c(O)cccc1O. The lowest BCUT2D eigenvalue weighted by molar-refractivity contribution is -0.00819. The Morgan fingerprint density at radius 1 is 1.33 bits per heavy atom. The smallest absolute Gasteiger partial charge is 0.258 e. The summed E-state index contributed by atoms with van der Waals surface area (Å²) in [6.07, 6.45) is 0. The van der Waals surface area contributed by atoms with Crippen LogP contribution in [-0.4, -0.2) is 34.9 Å². The number of aromatic hydroxyl groups is 2. The first-order chi connectivity index (χ1) is 8.37. The fourth-order valence-corrected chi connectivity index (χ4v) is 1.58. The van der Waals surface area contributed by atoms with Crippen LogP contribution in [0.2, 0.25) is 0 Å². The highest BCUT2D eigenvalue weighted by Crippen LogP contribution is 2.25. The van der Waals surface area contributed by atoms with Crippen molar-refractivity contribution < 1.29 is 19.7 Å². The Bertz CT molecular complexity index is 409. The third kappa shape index (κ3) is 3.63.